The van der Waals surface area contributed by atoms with Gasteiger partial charge in [-0.3, -0.25) is 14.9 Å². The summed E-state index contributed by atoms with van der Waals surface area (Å²) >= 11 is 3.17. The number of carbonyl (C=O) groups is 1. The summed E-state index contributed by atoms with van der Waals surface area (Å²) in [5, 5.41) is 23.9. The van der Waals surface area contributed by atoms with Gasteiger partial charge in [-0.05, 0) is 50.6 Å². The van der Waals surface area contributed by atoms with Crippen molar-refractivity contribution in [3.05, 3.63) is 80.6 Å². The van der Waals surface area contributed by atoms with E-state index in [1.807, 2.05) is 37.4 Å². The van der Waals surface area contributed by atoms with Crippen LogP contribution in [0, 0.1) is 30.9 Å². The van der Waals surface area contributed by atoms with Crippen molar-refractivity contribution in [1.82, 2.24) is 20.0 Å². The van der Waals surface area contributed by atoms with Crippen LogP contribution in [0.2, 0.25) is 0 Å². The molecule has 11 heteroatoms. The lowest BCUT2D eigenvalue weighted by Crippen LogP contribution is -2.15. The highest BCUT2D eigenvalue weighted by atomic mass is 32.2. The Morgan fingerprint density at radius 3 is 2.69 bits per heavy atom. The summed E-state index contributed by atoms with van der Waals surface area (Å²) in [6, 6.07) is 11.8. The number of rotatable bonds is 6. The first kappa shape index (κ1) is 21.7. The van der Waals surface area contributed by atoms with Gasteiger partial charge in [0, 0.05) is 33.8 Å². The topological polar surface area (TPSA) is 116 Å². The fourth-order valence-corrected chi connectivity index (χ4v) is 4.93. The van der Waals surface area contributed by atoms with Gasteiger partial charge in [0.1, 0.15) is 0 Å². The SMILES string of the molecule is Cc1csc(Sc2ccc(NC(=O)c3nnn(-c4cccc([N+](=O)[O-])c4)c3C)c(C)c2)n1. The number of carbonyl (C=O) groups excluding carboxylic acids is 1. The Hall–Kier alpha value is -3.57. The Balaban J connectivity index is 1.52. The Kier molecular flexibility index (Phi) is 6.01. The number of nitro benzene ring substituents is 1. The number of amides is 1. The summed E-state index contributed by atoms with van der Waals surface area (Å²) in [4.78, 5) is 28.9. The molecule has 0 spiro atoms. The summed E-state index contributed by atoms with van der Waals surface area (Å²) in [6.45, 7) is 5.57. The van der Waals surface area contributed by atoms with Gasteiger partial charge in [-0.1, -0.05) is 23.0 Å². The number of hydrogen-bond acceptors (Lipinski definition) is 8. The molecule has 1 N–H and O–H groups in total. The Bertz CT molecular complexity index is 1330. The van der Waals surface area contributed by atoms with Gasteiger partial charge in [-0.2, -0.15) is 0 Å². The third-order valence-electron chi connectivity index (χ3n) is 4.64. The number of benzene rings is 2. The first-order valence-electron chi connectivity index (χ1n) is 9.51. The molecule has 0 atom stereocenters. The van der Waals surface area contributed by atoms with Crippen LogP contribution in [0.5, 0.6) is 0 Å². The van der Waals surface area contributed by atoms with Crippen molar-refractivity contribution in [3.63, 3.8) is 0 Å². The third-order valence-corrected chi connectivity index (χ3v) is 6.69. The average Bonchev–Trinajstić information content (AvgIpc) is 3.35. The second kappa shape index (κ2) is 8.89. The van der Waals surface area contributed by atoms with Crippen LogP contribution in [0.1, 0.15) is 27.4 Å². The molecule has 0 aliphatic rings. The molecule has 4 rings (SSSR count). The summed E-state index contributed by atoms with van der Waals surface area (Å²) in [5.74, 6) is -0.404. The van der Waals surface area contributed by atoms with Gasteiger partial charge >= 0.3 is 0 Å². The van der Waals surface area contributed by atoms with Gasteiger partial charge in [0.05, 0.1) is 16.3 Å². The maximum atomic E-state index is 12.8. The smallest absolute Gasteiger partial charge is 0.278 e. The van der Waals surface area contributed by atoms with Gasteiger partial charge in [0.25, 0.3) is 11.6 Å². The minimum absolute atomic E-state index is 0.0649. The molecule has 9 nitrogen and oxygen atoms in total. The van der Waals surface area contributed by atoms with Crippen molar-refractivity contribution in [2.45, 2.75) is 30.0 Å². The zero-order valence-corrected chi connectivity index (χ0v) is 19.0. The zero-order chi connectivity index (χ0) is 22.8. The molecule has 1 amide bonds. The quantitative estimate of drug-likeness (QED) is 0.315. The van der Waals surface area contributed by atoms with E-state index in [4.69, 9.17) is 0 Å². The van der Waals surface area contributed by atoms with Crippen LogP contribution < -0.4 is 5.32 Å². The van der Waals surface area contributed by atoms with E-state index in [0.29, 0.717) is 17.1 Å². The number of thiazole rings is 1. The van der Waals surface area contributed by atoms with Gasteiger partial charge < -0.3 is 5.32 Å². The van der Waals surface area contributed by atoms with E-state index in [1.165, 1.54) is 16.8 Å². The van der Waals surface area contributed by atoms with Crippen LogP contribution in [-0.2, 0) is 0 Å². The maximum absolute atomic E-state index is 12.8. The van der Waals surface area contributed by atoms with Crippen molar-refractivity contribution in [2.75, 3.05) is 5.32 Å². The van der Waals surface area contributed by atoms with E-state index in [-0.39, 0.29) is 11.4 Å². The number of aromatic nitrogens is 4. The Morgan fingerprint density at radius 2 is 2.00 bits per heavy atom. The number of nitrogens with one attached hydrogen (secondary N) is 1. The Labute approximate surface area is 191 Å². The van der Waals surface area contributed by atoms with Crippen molar-refractivity contribution < 1.29 is 9.72 Å². The predicted octanol–water partition coefficient (Wildman–Crippen LogP) is 4.96. The fourth-order valence-electron chi connectivity index (χ4n) is 3.02. The molecule has 2 aromatic carbocycles. The summed E-state index contributed by atoms with van der Waals surface area (Å²) in [5.41, 5.74) is 3.58. The molecule has 2 aromatic heterocycles. The van der Waals surface area contributed by atoms with Crippen molar-refractivity contribution >= 4 is 40.4 Å². The first-order chi connectivity index (χ1) is 15.3. The van der Waals surface area contributed by atoms with E-state index in [0.717, 1.165) is 20.5 Å². The van der Waals surface area contributed by atoms with E-state index in [1.54, 1.807) is 42.2 Å². The van der Waals surface area contributed by atoms with Crippen molar-refractivity contribution in [3.8, 4) is 5.69 Å². The monoisotopic (exact) mass is 466 g/mol. The molecule has 0 fully saturated rings. The average molecular weight is 467 g/mol. The van der Waals surface area contributed by atoms with Crippen LogP contribution in [0.3, 0.4) is 0 Å². The molecule has 0 aliphatic carbocycles. The van der Waals surface area contributed by atoms with Crippen LogP contribution in [0.25, 0.3) is 5.69 Å². The van der Waals surface area contributed by atoms with Crippen molar-refractivity contribution in [2.24, 2.45) is 0 Å². The molecular weight excluding hydrogens is 448 g/mol. The lowest BCUT2D eigenvalue weighted by molar-refractivity contribution is -0.384. The number of aryl methyl sites for hydroxylation is 2. The standard InChI is InChI=1S/C21H18N6O3S2/c1-12-9-17(32-21-22-13(2)11-31-21)7-8-18(12)23-20(28)19-14(3)26(25-24-19)15-5-4-6-16(10-15)27(29)30/h4-11H,1-3H3,(H,23,28). The van der Waals surface area contributed by atoms with E-state index >= 15 is 0 Å². The molecule has 0 radical (unpaired) electrons. The van der Waals surface area contributed by atoms with Crippen molar-refractivity contribution in [1.29, 1.82) is 0 Å². The van der Waals surface area contributed by atoms with Gasteiger partial charge in [0.2, 0.25) is 0 Å². The molecule has 0 aliphatic heterocycles. The number of anilines is 1. The van der Waals surface area contributed by atoms with Crippen LogP contribution >= 0.6 is 23.1 Å². The molecule has 0 bridgehead atoms. The Morgan fingerprint density at radius 1 is 1.19 bits per heavy atom. The number of hydrogen-bond donors (Lipinski definition) is 1. The van der Waals surface area contributed by atoms with Gasteiger partial charge in [0.15, 0.2) is 10.0 Å². The number of nitrogens with zero attached hydrogens (tertiary/aromatic N) is 5. The molecule has 2 heterocycles. The highest BCUT2D eigenvalue weighted by molar-refractivity contribution is 8.01. The molecule has 0 saturated carbocycles. The molecule has 4 aromatic rings. The first-order valence-corrected chi connectivity index (χ1v) is 11.2. The van der Waals surface area contributed by atoms with Crippen LogP contribution in [0.4, 0.5) is 11.4 Å². The molecule has 32 heavy (non-hydrogen) atoms. The van der Waals surface area contributed by atoms with E-state index < -0.39 is 10.8 Å². The molecular formula is C21H18N6O3S2. The fraction of sp³-hybridized carbons (Fsp3) is 0.143. The predicted molar refractivity (Wildman–Crippen MR) is 123 cm³/mol. The maximum Gasteiger partial charge on any atom is 0.278 e. The van der Waals surface area contributed by atoms with Gasteiger partial charge in [-0.15, -0.1) is 16.4 Å². The van der Waals surface area contributed by atoms with E-state index in [2.05, 4.69) is 20.6 Å². The van der Waals surface area contributed by atoms with Crippen LogP contribution in [0.15, 0.2) is 57.1 Å². The summed E-state index contributed by atoms with van der Waals surface area (Å²) in [6.07, 6.45) is 0. The normalized spacial score (nSPS) is 10.8. The minimum atomic E-state index is -0.482. The molecule has 0 saturated heterocycles. The lowest BCUT2D eigenvalue weighted by Gasteiger charge is -2.09. The largest absolute Gasteiger partial charge is 0.320 e. The highest BCUT2D eigenvalue weighted by Gasteiger charge is 2.19. The zero-order valence-electron chi connectivity index (χ0n) is 17.4. The summed E-state index contributed by atoms with van der Waals surface area (Å²) in [7, 11) is 0. The second-order valence-corrected chi connectivity index (χ2v) is 9.18. The summed E-state index contributed by atoms with van der Waals surface area (Å²) < 4.78 is 2.37. The lowest BCUT2D eigenvalue weighted by atomic mass is 10.2. The molecule has 162 valence electrons. The van der Waals surface area contributed by atoms with Gasteiger partial charge in [-0.25, -0.2) is 9.67 Å². The minimum Gasteiger partial charge on any atom is -0.320 e. The van der Waals surface area contributed by atoms with Crippen LogP contribution in [-0.4, -0.2) is 30.8 Å². The number of nitro groups is 1. The number of non-ortho nitro benzene ring substituents is 1. The van der Waals surface area contributed by atoms with E-state index in [9.17, 15) is 14.9 Å². The second-order valence-electron chi connectivity index (χ2n) is 7.00. The third kappa shape index (κ3) is 4.53. The molecule has 0 unspecified atom stereocenters. The highest BCUT2D eigenvalue weighted by Crippen LogP contribution is 2.32.